The molecule has 0 N–H and O–H groups in total. The second-order valence-corrected chi connectivity index (χ2v) is 20.0. The minimum absolute atomic E-state index is 0.0947. The first-order chi connectivity index (χ1) is 45.4. The standard InChI is InChI=1S/C20H28N.C18H24N.C17H22N.C16H20N/c1-13(2)17-8-9-18(15(5)10-17)20-11-16(6)19(14(3)4)12-21(20)7;1-12(2)16-7-8-17(14(4)10-16)18-15(5)9-13(3)11-19(18)6;1-6-15-7-8-16(13(3)9-15)17-10-12(2)14(4)11-18(17)5;1-11-6-7-15(13(3)8-11)16-14(4)9-12(2)10-17(16)5/h8-14H,1-7H3;7-12H,1-6H3;7-11H,6H2,1-5H3;6-10H,1-5H3/q4*+1/i3D3,13D,14D;1D3,3D3,12D;1D3,4D3,6D2;1D3,2D3. The van der Waals surface area contributed by atoms with Crippen LogP contribution in [0.5, 0.6) is 0 Å². The minimum Gasteiger partial charge on any atom is -0.201 e. The van der Waals surface area contributed by atoms with Gasteiger partial charge in [-0.25, -0.2) is 18.3 Å². The molecule has 0 spiro atoms. The van der Waals surface area contributed by atoms with Gasteiger partial charge in [-0.05, 0) is 193 Å². The molecule has 75 heavy (non-hydrogen) atoms. The molecule has 8 rings (SSSR count). The molecular formula is C71H94N4+4. The van der Waals surface area contributed by atoms with Crippen LogP contribution in [0.2, 0.25) is 0 Å². The van der Waals surface area contributed by atoms with E-state index in [0.29, 0.717) is 27.8 Å². The second-order valence-electron chi connectivity index (χ2n) is 20.0. The van der Waals surface area contributed by atoms with Crippen molar-refractivity contribution in [2.24, 2.45) is 28.2 Å². The van der Waals surface area contributed by atoms with Crippen molar-refractivity contribution in [3.05, 3.63) is 211 Å². The highest BCUT2D eigenvalue weighted by molar-refractivity contribution is 5.67. The van der Waals surface area contributed by atoms with Gasteiger partial charge in [-0.2, -0.15) is 0 Å². The van der Waals surface area contributed by atoms with Gasteiger partial charge >= 0.3 is 0 Å². The fourth-order valence-electron chi connectivity index (χ4n) is 9.40. The Morgan fingerprint density at radius 2 is 0.867 bits per heavy atom. The van der Waals surface area contributed by atoms with E-state index in [1.54, 1.807) is 134 Å². The summed E-state index contributed by atoms with van der Waals surface area (Å²) >= 11 is 0. The summed E-state index contributed by atoms with van der Waals surface area (Å²) in [6.07, 6.45) is 4.09. The summed E-state index contributed by atoms with van der Waals surface area (Å²) in [6.45, 7) is 5.16. The van der Waals surface area contributed by atoms with E-state index in [1.807, 2.05) is 91.3 Å². The number of nitrogens with zero attached hydrogens (tertiary/aromatic N) is 4. The molecule has 4 aromatic carbocycles. The highest BCUT2D eigenvalue weighted by Crippen LogP contribution is 2.30. The molecule has 2 atom stereocenters. The van der Waals surface area contributed by atoms with Crippen molar-refractivity contribution >= 4 is 0 Å². The summed E-state index contributed by atoms with van der Waals surface area (Å²) in [7, 11) is 7.21. The van der Waals surface area contributed by atoms with Crippen molar-refractivity contribution in [2.45, 2.75) is 155 Å². The highest BCUT2D eigenvalue weighted by Gasteiger charge is 2.20. The molecule has 4 heteroatoms. The van der Waals surface area contributed by atoms with Crippen LogP contribution in [0.4, 0.5) is 0 Å². The first kappa shape index (κ1) is 32.2. The van der Waals surface area contributed by atoms with Crippen LogP contribution < -0.4 is 18.3 Å². The van der Waals surface area contributed by atoms with Crippen LogP contribution in [-0.2, 0) is 34.6 Å². The Kier molecular flexibility index (Phi) is 11.1. The molecule has 0 radical (unpaired) electrons. The minimum atomic E-state index is -2.76. The fourth-order valence-corrected chi connectivity index (χ4v) is 9.40. The number of aromatic nitrogens is 4. The summed E-state index contributed by atoms with van der Waals surface area (Å²) < 4.78 is 207. The van der Waals surface area contributed by atoms with Crippen molar-refractivity contribution < 1.29 is 53.9 Å². The molecule has 0 bridgehead atoms. The van der Waals surface area contributed by atoms with Gasteiger partial charge in [-0.15, -0.1) is 0 Å². The Morgan fingerprint density at radius 1 is 0.400 bits per heavy atom. The monoisotopic (exact) mass is 1030 g/mol. The average Bonchev–Trinajstić information content (AvgIpc) is 0.780. The summed E-state index contributed by atoms with van der Waals surface area (Å²) in [5, 5.41) is 0. The van der Waals surface area contributed by atoms with Gasteiger partial charge in [-0.1, -0.05) is 102 Å². The first-order valence-corrected chi connectivity index (χ1v) is 24.9. The molecule has 0 saturated carbocycles. The lowest BCUT2D eigenvalue weighted by Gasteiger charge is -2.13. The second kappa shape index (κ2) is 25.8. The topological polar surface area (TPSA) is 15.5 Å². The lowest BCUT2D eigenvalue weighted by molar-refractivity contribution is -0.661. The van der Waals surface area contributed by atoms with Crippen molar-refractivity contribution in [2.75, 3.05) is 0 Å². The van der Waals surface area contributed by atoms with E-state index in [0.717, 1.165) is 84.0 Å². The largest absolute Gasteiger partial charge is 0.215 e. The van der Waals surface area contributed by atoms with Crippen LogP contribution in [0, 0.1) is 82.8 Å². The molecule has 0 fully saturated rings. The molecule has 0 aliphatic carbocycles. The fraction of sp³-hybridized carbons (Fsp3) is 0.380. The van der Waals surface area contributed by atoms with Crippen molar-refractivity contribution in [3.8, 4) is 45.0 Å². The maximum Gasteiger partial charge on any atom is 0.215 e. The number of hydrogen-bond acceptors (Lipinski definition) is 0. The van der Waals surface area contributed by atoms with Gasteiger partial charge in [-0.3, -0.25) is 0 Å². The summed E-state index contributed by atoms with van der Waals surface area (Å²) in [5.74, 6) is -4.02. The lowest BCUT2D eigenvalue weighted by atomic mass is 9.94. The van der Waals surface area contributed by atoms with Gasteiger partial charge in [0.15, 0.2) is 24.8 Å². The Hall–Kier alpha value is -6.52. The molecule has 0 saturated heterocycles. The summed E-state index contributed by atoms with van der Waals surface area (Å²) in [6, 6.07) is 28.0. The molecule has 8 aromatic rings. The van der Waals surface area contributed by atoms with Gasteiger partial charge in [0.25, 0.3) is 0 Å². The van der Waals surface area contributed by atoms with Crippen LogP contribution >= 0.6 is 0 Å². The highest BCUT2D eigenvalue weighted by atomic mass is 14.9. The van der Waals surface area contributed by atoms with E-state index < -0.39 is 72.0 Å². The SMILES string of the molecule is [2H]C(C)(C)c1ccc(-c2cc(C)c(C([2H])(C)C([2H])([2H])[2H])c[n+]2C)c(C)c1.[2H]C([2H])([2H])c1c[n+](C)c(-c2ccc(C([2H])([2H])C([2H])([2H])[2H])cc2C)cc1C.[2H]C([2H])([2H])c1cc(C)c(-c2ccc(C([2H])(C)C([2H])([2H])[2H])cc2C)[n+](C)c1.[2H]C([2H])([2H])c1ccc(-c2c(C)cc(C([2H])([2H])[2H])c[n+]2C)c(C)c1. The van der Waals surface area contributed by atoms with Gasteiger partial charge in [0.05, 0.1) is 0 Å². The zero-order valence-corrected chi connectivity index (χ0v) is 46.8. The molecule has 4 nitrogen and oxygen atoms in total. The first-order valence-electron chi connectivity index (χ1n) is 37.9. The third-order valence-electron chi connectivity index (χ3n) is 13.4. The third kappa shape index (κ3) is 14.9. The summed E-state index contributed by atoms with van der Waals surface area (Å²) in [5.41, 5.74) is 16.8. The molecular weight excluding hydrogens is 909 g/mol. The van der Waals surface area contributed by atoms with Crippen LogP contribution in [0.3, 0.4) is 0 Å². The molecule has 0 amide bonds. The predicted octanol–water partition coefficient (Wildman–Crippen LogP) is 16.3. The molecule has 0 aliphatic heterocycles. The smallest absolute Gasteiger partial charge is 0.201 e. The van der Waals surface area contributed by atoms with Gasteiger partial charge in [0, 0.05) is 103 Å². The van der Waals surface area contributed by atoms with Gasteiger partial charge < -0.3 is 0 Å². The van der Waals surface area contributed by atoms with Crippen LogP contribution in [0.15, 0.2) is 122 Å². The van der Waals surface area contributed by atoms with E-state index in [9.17, 15) is 0 Å². The van der Waals surface area contributed by atoms with Gasteiger partial charge in [0.2, 0.25) is 22.8 Å². The molecule has 2 unspecified atom stereocenters. The Bertz CT molecular complexity index is 4300. The molecule has 4 heterocycles. The van der Waals surface area contributed by atoms with Crippen molar-refractivity contribution in [1.29, 1.82) is 0 Å². The Labute approximate surface area is 492 Å². The Morgan fingerprint density at radius 3 is 1.33 bits per heavy atom. The molecule has 4 aromatic heterocycles. The van der Waals surface area contributed by atoms with E-state index in [1.165, 1.54) is 26.0 Å². The number of hydrogen-bond donors (Lipinski definition) is 0. The number of rotatable bonds is 8. The normalized spacial score (nSPS) is 19.2. The number of aryl methyl sites for hydroxylation is 17. The molecule has 394 valence electrons. The quantitative estimate of drug-likeness (QED) is 0.135. The van der Waals surface area contributed by atoms with E-state index in [4.69, 9.17) is 35.6 Å². The van der Waals surface area contributed by atoms with E-state index in [-0.39, 0.29) is 22.3 Å². The predicted molar refractivity (Wildman–Crippen MR) is 321 cm³/mol. The van der Waals surface area contributed by atoms with Crippen LogP contribution in [-0.4, -0.2) is 0 Å². The van der Waals surface area contributed by atoms with Gasteiger partial charge in [0.1, 0.15) is 28.2 Å². The molecule has 0 aliphatic rings. The average molecular weight is 1030 g/mol. The lowest BCUT2D eigenvalue weighted by Crippen LogP contribution is -2.32. The summed E-state index contributed by atoms with van der Waals surface area (Å²) in [4.78, 5) is 0. The van der Waals surface area contributed by atoms with Crippen molar-refractivity contribution in [3.63, 3.8) is 0 Å². The maximum atomic E-state index is 8.37. The zero-order chi connectivity index (χ0) is 77.8. The number of pyridine rings is 4. The van der Waals surface area contributed by atoms with Crippen LogP contribution in [0.25, 0.3) is 45.0 Å². The maximum absolute atomic E-state index is 8.37. The van der Waals surface area contributed by atoms with Crippen molar-refractivity contribution in [1.82, 2.24) is 0 Å². The third-order valence-corrected chi connectivity index (χ3v) is 13.4. The Balaban J connectivity index is 0.000000243. The zero-order valence-electron chi connectivity index (χ0n) is 72.8. The van der Waals surface area contributed by atoms with E-state index in [2.05, 4.69) is 0 Å². The van der Waals surface area contributed by atoms with Crippen LogP contribution in [0.1, 0.15) is 191 Å². The van der Waals surface area contributed by atoms with E-state index >= 15 is 0 Å². The number of benzene rings is 4.